The highest BCUT2D eigenvalue weighted by molar-refractivity contribution is 5.69. The van der Waals surface area contributed by atoms with E-state index in [2.05, 4.69) is 0 Å². The molecule has 1 amide bonds. The van der Waals surface area contributed by atoms with Crippen LogP contribution in [0.4, 0.5) is 4.79 Å². The zero-order valence-corrected chi connectivity index (χ0v) is 12.0. The number of likely N-dealkylation sites (tertiary alicyclic amines) is 1. The van der Waals surface area contributed by atoms with Crippen LogP contribution in [0.5, 0.6) is 5.75 Å². The molecule has 1 saturated heterocycles. The monoisotopic (exact) mass is 279 g/mol. The fourth-order valence-electron chi connectivity index (χ4n) is 2.37. The van der Waals surface area contributed by atoms with Crippen molar-refractivity contribution in [3.8, 4) is 5.75 Å². The van der Waals surface area contributed by atoms with Gasteiger partial charge in [-0.3, -0.25) is 0 Å². The molecule has 0 saturated carbocycles. The number of phenolic OH excluding ortho intramolecular Hbond substituents is 1. The van der Waals surface area contributed by atoms with Gasteiger partial charge in [-0.05, 0) is 26.8 Å². The molecule has 0 bridgehead atoms. The number of para-hydroxylation sites is 1. The lowest BCUT2D eigenvalue weighted by Gasteiger charge is -2.24. The quantitative estimate of drug-likeness (QED) is 0.826. The summed E-state index contributed by atoms with van der Waals surface area (Å²) >= 11 is 0. The molecule has 20 heavy (non-hydrogen) atoms. The highest BCUT2D eigenvalue weighted by Crippen LogP contribution is 2.33. The number of amides is 1. The summed E-state index contributed by atoms with van der Waals surface area (Å²) in [6.45, 7) is 5.97. The minimum Gasteiger partial charge on any atom is -0.508 e. The van der Waals surface area contributed by atoms with E-state index in [1.807, 2.05) is 0 Å². The molecule has 1 fully saturated rings. The third kappa shape index (κ3) is 3.22. The van der Waals surface area contributed by atoms with Gasteiger partial charge in [-0.15, -0.1) is 0 Å². The number of nitrogens with zero attached hydrogens (tertiary/aromatic N) is 1. The molecule has 2 atom stereocenters. The first-order valence-corrected chi connectivity index (χ1v) is 6.72. The molecule has 5 heteroatoms. The molecule has 0 aliphatic carbocycles. The molecular formula is C15H21NO4. The molecule has 1 aromatic carbocycles. The number of ether oxygens (including phenoxy) is 1. The van der Waals surface area contributed by atoms with Gasteiger partial charge in [-0.25, -0.2) is 4.79 Å². The summed E-state index contributed by atoms with van der Waals surface area (Å²) in [5.41, 5.74) is 0.0979. The molecule has 2 rings (SSSR count). The van der Waals surface area contributed by atoms with E-state index in [-0.39, 0.29) is 18.2 Å². The van der Waals surface area contributed by atoms with Gasteiger partial charge in [0.2, 0.25) is 0 Å². The maximum Gasteiger partial charge on any atom is 0.410 e. The zero-order chi connectivity index (χ0) is 14.9. The lowest BCUT2D eigenvalue weighted by molar-refractivity contribution is 0.0270. The summed E-state index contributed by atoms with van der Waals surface area (Å²) in [4.78, 5) is 13.5. The molecule has 2 N–H and O–H groups in total. The van der Waals surface area contributed by atoms with Crippen LogP contribution in [0, 0.1) is 0 Å². The van der Waals surface area contributed by atoms with Gasteiger partial charge in [-0.2, -0.15) is 0 Å². The molecule has 0 aromatic heterocycles. The fraction of sp³-hybridized carbons (Fsp3) is 0.533. The highest BCUT2D eigenvalue weighted by Gasteiger charge is 2.37. The molecule has 1 heterocycles. The van der Waals surface area contributed by atoms with Crippen LogP contribution in [0.1, 0.15) is 32.3 Å². The van der Waals surface area contributed by atoms with Gasteiger partial charge in [0, 0.05) is 18.0 Å². The molecule has 1 aliphatic heterocycles. The second-order valence-electron chi connectivity index (χ2n) is 6.12. The van der Waals surface area contributed by atoms with Gasteiger partial charge < -0.3 is 19.8 Å². The van der Waals surface area contributed by atoms with Gasteiger partial charge in [0.05, 0.1) is 12.6 Å². The van der Waals surface area contributed by atoms with Crippen LogP contribution < -0.4 is 0 Å². The van der Waals surface area contributed by atoms with Gasteiger partial charge in [0.1, 0.15) is 11.4 Å². The number of aliphatic hydroxyl groups is 1. The van der Waals surface area contributed by atoms with Gasteiger partial charge in [0.15, 0.2) is 0 Å². The van der Waals surface area contributed by atoms with Gasteiger partial charge in [-0.1, -0.05) is 18.2 Å². The lowest BCUT2D eigenvalue weighted by Crippen LogP contribution is -2.35. The number of carbonyl (C=O) groups is 1. The Morgan fingerprint density at radius 3 is 2.55 bits per heavy atom. The molecule has 5 nitrogen and oxygen atoms in total. The van der Waals surface area contributed by atoms with Crippen LogP contribution in [-0.2, 0) is 4.74 Å². The van der Waals surface area contributed by atoms with E-state index in [1.165, 1.54) is 4.90 Å². The van der Waals surface area contributed by atoms with Crippen molar-refractivity contribution in [3.05, 3.63) is 29.8 Å². The number of phenols is 1. The van der Waals surface area contributed by atoms with Crippen LogP contribution in [0.2, 0.25) is 0 Å². The second-order valence-corrected chi connectivity index (χ2v) is 6.12. The molecule has 0 spiro atoms. The Morgan fingerprint density at radius 2 is 1.95 bits per heavy atom. The minimum atomic E-state index is -0.698. The summed E-state index contributed by atoms with van der Waals surface area (Å²) in [6.07, 6.45) is -1.13. The third-order valence-electron chi connectivity index (χ3n) is 3.28. The number of hydrogen-bond acceptors (Lipinski definition) is 4. The van der Waals surface area contributed by atoms with Crippen LogP contribution in [0.3, 0.4) is 0 Å². The Hall–Kier alpha value is -1.75. The average Bonchev–Trinajstić information content (AvgIpc) is 2.70. The Bertz CT molecular complexity index is 495. The summed E-state index contributed by atoms with van der Waals surface area (Å²) in [5, 5.41) is 20.0. The van der Waals surface area contributed by atoms with Gasteiger partial charge >= 0.3 is 6.09 Å². The van der Waals surface area contributed by atoms with E-state index < -0.39 is 17.8 Å². The second kappa shape index (κ2) is 5.32. The lowest BCUT2D eigenvalue weighted by atomic mass is 9.95. The normalized spacial score (nSPS) is 22.9. The number of aromatic hydroxyl groups is 1. The number of carbonyl (C=O) groups excluding carboxylic acids is 1. The smallest absolute Gasteiger partial charge is 0.410 e. The van der Waals surface area contributed by atoms with Crippen molar-refractivity contribution in [1.82, 2.24) is 4.90 Å². The first-order valence-electron chi connectivity index (χ1n) is 6.72. The highest BCUT2D eigenvalue weighted by atomic mass is 16.6. The Labute approximate surface area is 118 Å². The topological polar surface area (TPSA) is 70.0 Å². The molecule has 1 aliphatic rings. The van der Waals surface area contributed by atoms with Crippen molar-refractivity contribution in [2.24, 2.45) is 0 Å². The van der Waals surface area contributed by atoms with E-state index in [0.29, 0.717) is 12.1 Å². The Kier molecular flexibility index (Phi) is 3.90. The summed E-state index contributed by atoms with van der Waals surface area (Å²) < 4.78 is 5.30. The van der Waals surface area contributed by atoms with Gasteiger partial charge in [0.25, 0.3) is 0 Å². The first-order chi connectivity index (χ1) is 9.28. The summed E-state index contributed by atoms with van der Waals surface area (Å²) in [5.74, 6) is -0.147. The maximum absolute atomic E-state index is 12.0. The molecule has 1 aromatic rings. The van der Waals surface area contributed by atoms with Crippen molar-refractivity contribution >= 4 is 6.09 Å². The molecule has 110 valence electrons. The molecular weight excluding hydrogens is 258 g/mol. The van der Waals surface area contributed by atoms with Crippen molar-refractivity contribution in [3.63, 3.8) is 0 Å². The van der Waals surface area contributed by atoms with Crippen LogP contribution >= 0.6 is 0 Å². The molecule has 0 unspecified atom stereocenters. The predicted molar refractivity (Wildman–Crippen MR) is 74.7 cm³/mol. The SMILES string of the molecule is CC(C)(C)OC(=O)N1C[C@H](c2ccccc2O)[C@@H](O)C1. The van der Waals surface area contributed by atoms with E-state index in [0.717, 1.165) is 0 Å². The third-order valence-corrected chi connectivity index (χ3v) is 3.28. The van der Waals surface area contributed by atoms with E-state index in [4.69, 9.17) is 4.74 Å². The molecule has 0 radical (unpaired) electrons. The number of hydrogen-bond donors (Lipinski definition) is 2. The summed E-state index contributed by atoms with van der Waals surface area (Å²) in [6, 6.07) is 6.88. The minimum absolute atomic E-state index is 0.141. The van der Waals surface area contributed by atoms with E-state index >= 15 is 0 Å². The number of aliphatic hydroxyl groups excluding tert-OH is 1. The Morgan fingerprint density at radius 1 is 1.30 bits per heavy atom. The first kappa shape index (κ1) is 14.7. The van der Waals surface area contributed by atoms with E-state index in [1.54, 1.807) is 45.0 Å². The number of benzene rings is 1. The van der Waals surface area contributed by atoms with Crippen molar-refractivity contribution in [1.29, 1.82) is 0 Å². The van der Waals surface area contributed by atoms with Crippen molar-refractivity contribution < 1.29 is 19.7 Å². The van der Waals surface area contributed by atoms with E-state index in [9.17, 15) is 15.0 Å². The average molecular weight is 279 g/mol. The van der Waals surface area contributed by atoms with Crippen molar-refractivity contribution in [2.75, 3.05) is 13.1 Å². The Balaban J connectivity index is 2.10. The predicted octanol–water partition coefficient (Wildman–Crippen LogP) is 2.09. The van der Waals surface area contributed by atoms with Crippen LogP contribution in [0.15, 0.2) is 24.3 Å². The standard InChI is InChI=1S/C15H21NO4/c1-15(2,3)20-14(19)16-8-11(13(18)9-16)10-6-4-5-7-12(10)17/h4-7,11,13,17-18H,8-9H2,1-3H3/t11-,13+/m1/s1. The van der Waals surface area contributed by atoms with Crippen LogP contribution in [0.25, 0.3) is 0 Å². The largest absolute Gasteiger partial charge is 0.508 e. The number of β-amino-alcohol motifs (C(OH)–C–C–N with tert-alkyl or cyclic N) is 1. The number of rotatable bonds is 1. The van der Waals surface area contributed by atoms with Crippen LogP contribution in [-0.4, -0.2) is 46.0 Å². The van der Waals surface area contributed by atoms with Crippen molar-refractivity contribution in [2.45, 2.75) is 38.4 Å². The fourth-order valence-corrected chi connectivity index (χ4v) is 2.37. The summed E-state index contributed by atoms with van der Waals surface area (Å²) in [7, 11) is 0. The zero-order valence-electron chi connectivity index (χ0n) is 12.0. The maximum atomic E-state index is 12.0.